The van der Waals surface area contributed by atoms with Crippen LogP contribution in [0.25, 0.3) is 5.57 Å². The highest BCUT2D eigenvalue weighted by Crippen LogP contribution is 2.39. The van der Waals surface area contributed by atoms with Gasteiger partial charge in [-0.1, -0.05) is 11.6 Å². The Morgan fingerprint density at radius 1 is 1.44 bits per heavy atom. The van der Waals surface area contributed by atoms with Gasteiger partial charge in [-0.15, -0.1) is 0 Å². The first-order valence-corrected chi connectivity index (χ1v) is 8.18. The predicted molar refractivity (Wildman–Crippen MR) is 89.1 cm³/mol. The van der Waals surface area contributed by atoms with E-state index in [1.54, 1.807) is 0 Å². The lowest BCUT2D eigenvalue weighted by Gasteiger charge is -2.33. The summed E-state index contributed by atoms with van der Waals surface area (Å²) >= 11 is 5.82. The highest BCUT2D eigenvalue weighted by atomic mass is 35.5. The zero-order valence-corrected chi connectivity index (χ0v) is 14.0. The van der Waals surface area contributed by atoms with Crippen LogP contribution in [0, 0.1) is 5.82 Å². The molecular formula is C17H16ClFN2O4. The van der Waals surface area contributed by atoms with Crippen molar-refractivity contribution < 1.29 is 23.5 Å². The number of nitrogens with two attached hydrogens (primary N) is 1. The zero-order chi connectivity index (χ0) is 18.1. The molecule has 0 saturated carbocycles. The molecule has 1 aromatic carbocycles. The number of anilines is 1. The van der Waals surface area contributed by atoms with E-state index in [4.69, 9.17) is 22.1 Å². The van der Waals surface area contributed by atoms with Gasteiger partial charge in [-0.3, -0.25) is 9.59 Å². The predicted octanol–water partition coefficient (Wildman–Crippen LogP) is 1.95. The minimum atomic E-state index is -0.725. The van der Waals surface area contributed by atoms with Crippen LogP contribution in [0.15, 0.2) is 18.2 Å². The molecule has 0 aliphatic carbocycles. The van der Waals surface area contributed by atoms with Crippen molar-refractivity contribution in [2.24, 2.45) is 0 Å². The number of amides is 1. The summed E-state index contributed by atoms with van der Waals surface area (Å²) in [4.78, 5) is 36.3. The molecular weight excluding hydrogens is 351 g/mol. The topological polar surface area (TPSA) is 89.7 Å². The molecule has 2 N–H and O–H groups in total. The number of hydrogen-bond acceptors (Lipinski definition) is 5. The summed E-state index contributed by atoms with van der Waals surface area (Å²) in [7, 11) is 0. The second-order valence-electron chi connectivity index (χ2n) is 5.99. The molecule has 1 amide bonds. The second-order valence-corrected chi connectivity index (χ2v) is 6.40. The molecule has 0 radical (unpaired) electrons. The minimum Gasteiger partial charge on any atom is -0.456 e. The van der Waals surface area contributed by atoms with Gasteiger partial charge in [-0.2, -0.15) is 0 Å². The Labute approximate surface area is 148 Å². The molecule has 1 aromatic rings. The summed E-state index contributed by atoms with van der Waals surface area (Å²) in [5, 5.41) is -0.0679. The quantitative estimate of drug-likeness (QED) is 0.499. The number of carbonyl (C=O) groups excluding carboxylic acids is 3. The van der Waals surface area contributed by atoms with E-state index in [2.05, 4.69) is 0 Å². The molecule has 6 nitrogen and oxygen atoms in total. The van der Waals surface area contributed by atoms with E-state index in [-0.39, 0.29) is 28.9 Å². The number of halogens is 2. The van der Waals surface area contributed by atoms with Crippen molar-refractivity contribution in [1.29, 1.82) is 0 Å². The summed E-state index contributed by atoms with van der Waals surface area (Å²) < 4.78 is 19.2. The average Bonchev–Trinajstić information content (AvgIpc) is 3.01. The van der Waals surface area contributed by atoms with E-state index in [0.717, 1.165) is 0 Å². The number of nitrogens with zero attached hydrogens (tertiary/aromatic N) is 1. The molecule has 3 rings (SSSR count). The van der Waals surface area contributed by atoms with E-state index < -0.39 is 23.7 Å². The first-order chi connectivity index (χ1) is 11.9. The molecule has 0 aromatic heterocycles. The Morgan fingerprint density at radius 3 is 2.92 bits per heavy atom. The number of carbonyl (C=O) groups is 3. The molecule has 2 atom stereocenters. The van der Waals surface area contributed by atoms with E-state index in [0.29, 0.717) is 31.1 Å². The van der Waals surface area contributed by atoms with Crippen molar-refractivity contribution in [2.45, 2.75) is 31.3 Å². The number of hydrogen-bond donors (Lipinski definition) is 1. The van der Waals surface area contributed by atoms with Crippen LogP contribution >= 0.6 is 11.6 Å². The van der Waals surface area contributed by atoms with Gasteiger partial charge in [0.15, 0.2) is 12.1 Å². The number of esters is 1. The first kappa shape index (κ1) is 17.4. The third-order valence-corrected chi connectivity index (χ3v) is 4.82. The van der Waals surface area contributed by atoms with Gasteiger partial charge in [-0.05, 0) is 37.0 Å². The fourth-order valence-electron chi connectivity index (χ4n) is 3.46. The molecule has 2 aliphatic heterocycles. The fraction of sp³-hybridized carbons (Fsp3) is 0.353. The molecule has 2 aliphatic rings. The van der Waals surface area contributed by atoms with Crippen molar-refractivity contribution >= 4 is 41.0 Å². The summed E-state index contributed by atoms with van der Waals surface area (Å²) in [6.45, 7) is -0.340. The molecule has 8 heteroatoms. The molecule has 132 valence electrons. The monoisotopic (exact) mass is 366 g/mol. The first-order valence-electron chi connectivity index (χ1n) is 7.81. The molecule has 1 fully saturated rings. The highest BCUT2D eigenvalue weighted by molar-refractivity contribution is 6.31. The van der Waals surface area contributed by atoms with E-state index >= 15 is 0 Å². The summed E-state index contributed by atoms with van der Waals surface area (Å²) in [5.41, 5.74) is 6.66. The lowest BCUT2D eigenvalue weighted by atomic mass is 9.92. The Balaban J connectivity index is 1.89. The van der Waals surface area contributed by atoms with Crippen LogP contribution in [0.1, 0.15) is 24.8 Å². The van der Waals surface area contributed by atoms with Crippen molar-refractivity contribution in [1.82, 2.24) is 4.90 Å². The standard InChI is InChI=1S/C17H16ClFN2O4/c18-11-2-3-12(20)15(16(11)19)9-7-10-1-4-13(17(24)25-6-5-22)21(10)14(23)8-9/h2-3,5,8,10,13H,1,4,6-7,20H2/t10?,13-/m0/s1. The van der Waals surface area contributed by atoms with Gasteiger partial charge in [0.25, 0.3) is 0 Å². The van der Waals surface area contributed by atoms with Crippen LogP contribution in [-0.4, -0.2) is 41.8 Å². The number of rotatable bonds is 4. The minimum absolute atomic E-state index is 0.0679. The lowest BCUT2D eigenvalue weighted by Crippen LogP contribution is -2.46. The van der Waals surface area contributed by atoms with Crippen LogP contribution in [0.2, 0.25) is 5.02 Å². The van der Waals surface area contributed by atoms with Gasteiger partial charge < -0.3 is 15.4 Å². The van der Waals surface area contributed by atoms with Crippen molar-refractivity contribution in [3.05, 3.63) is 34.6 Å². The van der Waals surface area contributed by atoms with Gasteiger partial charge in [-0.25, -0.2) is 9.18 Å². The molecule has 2 heterocycles. The SMILES string of the molecule is Nc1ccc(Cl)c(F)c1C1=CC(=O)N2C(CC[C@H]2C(=O)OCC=O)C1. The third-order valence-electron chi connectivity index (χ3n) is 4.52. The van der Waals surface area contributed by atoms with E-state index in [1.807, 2.05) is 0 Å². The van der Waals surface area contributed by atoms with E-state index in [1.165, 1.54) is 23.1 Å². The number of benzene rings is 1. The normalized spacial score (nSPS) is 22.4. The number of ether oxygens (including phenoxy) is 1. The Kier molecular flexibility index (Phi) is 4.76. The maximum atomic E-state index is 14.4. The molecule has 1 saturated heterocycles. The average molecular weight is 367 g/mol. The molecule has 25 heavy (non-hydrogen) atoms. The molecule has 0 spiro atoms. The van der Waals surface area contributed by atoms with Crippen LogP contribution in [0.5, 0.6) is 0 Å². The van der Waals surface area contributed by atoms with Crippen LogP contribution in [0.3, 0.4) is 0 Å². The molecule has 0 bridgehead atoms. The van der Waals surface area contributed by atoms with Gasteiger partial charge in [0.1, 0.15) is 12.6 Å². The second kappa shape index (κ2) is 6.84. The number of fused-ring (bicyclic) bond motifs is 1. The number of aldehydes is 1. The van der Waals surface area contributed by atoms with Crippen LogP contribution in [-0.2, 0) is 19.1 Å². The van der Waals surface area contributed by atoms with Crippen LogP contribution < -0.4 is 5.73 Å². The summed E-state index contributed by atoms with van der Waals surface area (Å²) in [5.74, 6) is -1.67. The van der Waals surface area contributed by atoms with E-state index in [9.17, 15) is 18.8 Å². The molecule has 1 unspecified atom stereocenters. The highest BCUT2D eigenvalue weighted by Gasteiger charge is 2.44. The Hall–Kier alpha value is -2.41. The lowest BCUT2D eigenvalue weighted by molar-refractivity contribution is -0.154. The van der Waals surface area contributed by atoms with Gasteiger partial charge in [0.05, 0.1) is 5.02 Å². The van der Waals surface area contributed by atoms with Crippen molar-refractivity contribution in [3.63, 3.8) is 0 Å². The maximum Gasteiger partial charge on any atom is 0.329 e. The van der Waals surface area contributed by atoms with Crippen LogP contribution in [0.4, 0.5) is 10.1 Å². The Bertz CT molecular complexity index is 780. The van der Waals surface area contributed by atoms with Crippen molar-refractivity contribution in [2.75, 3.05) is 12.3 Å². The zero-order valence-electron chi connectivity index (χ0n) is 13.2. The largest absolute Gasteiger partial charge is 0.456 e. The summed E-state index contributed by atoms with van der Waals surface area (Å²) in [6, 6.07) is 1.88. The third kappa shape index (κ3) is 3.11. The summed E-state index contributed by atoms with van der Waals surface area (Å²) in [6.07, 6.45) is 3.14. The van der Waals surface area contributed by atoms with Gasteiger partial charge in [0.2, 0.25) is 5.91 Å². The van der Waals surface area contributed by atoms with Gasteiger partial charge >= 0.3 is 5.97 Å². The number of nitrogen functional groups attached to an aromatic ring is 1. The fourth-order valence-corrected chi connectivity index (χ4v) is 3.62. The smallest absolute Gasteiger partial charge is 0.329 e. The Morgan fingerprint density at radius 2 is 2.20 bits per heavy atom. The van der Waals surface area contributed by atoms with Crippen molar-refractivity contribution in [3.8, 4) is 0 Å². The maximum absolute atomic E-state index is 14.4. The van der Waals surface area contributed by atoms with Gasteiger partial charge in [0, 0.05) is 23.4 Å².